The molecule has 8 nitrogen and oxygen atoms in total. The SMILES string of the molecule is CN1CCN(c2ccc(Nc3ncc4cccc(C5(NC(=O)/C=C/F)C=CC=CN5)c4n3)cc2)CC1. The van der Waals surface area contributed by atoms with Crippen LogP contribution in [0.1, 0.15) is 5.56 Å². The van der Waals surface area contributed by atoms with Gasteiger partial charge in [-0.2, -0.15) is 0 Å². The van der Waals surface area contributed by atoms with Gasteiger partial charge in [-0.1, -0.05) is 24.3 Å². The number of dihydropyridines is 1. The van der Waals surface area contributed by atoms with E-state index in [2.05, 4.69) is 49.9 Å². The third kappa shape index (κ3) is 4.92. The fourth-order valence-corrected chi connectivity index (χ4v) is 4.47. The van der Waals surface area contributed by atoms with E-state index in [1.165, 1.54) is 5.69 Å². The van der Waals surface area contributed by atoms with Crippen molar-refractivity contribution in [3.8, 4) is 0 Å². The second kappa shape index (κ2) is 10.2. The predicted molar refractivity (Wildman–Crippen MR) is 140 cm³/mol. The number of amides is 1. The standard InChI is InChI=1S/C27H28FN7O/c1-34-15-17-35(18-16-34)22-9-7-21(8-10-22)31-26-29-19-20-5-4-6-23(25(20)32-26)27(12-2-3-14-30-27)33-24(36)11-13-28/h2-14,19,30H,15-18H2,1H3,(H,33,36)(H,29,31,32)/b13-11+. The Hall–Kier alpha value is -4.24. The lowest BCUT2D eigenvalue weighted by Gasteiger charge is -2.34. The Balaban J connectivity index is 1.43. The molecule has 1 unspecified atom stereocenters. The summed E-state index contributed by atoms with van der Waals surface area (Å²) in [6.45, 7) is 4.13. The van der Waals surface area contributed by atoms with Crippen LogP contribution >= 0.6 is 0 Å². The highest BCUT2D eigenvalue weighted by Gasteiger charge is 2.33. The molecule has 1 atom stereocenters. The van der Waals surface area contributed by atoms with Gasteiger partial charge in [0.15, 0.2) is 5.66 Å². The maximum Gasteiger partial charge on any atom is 0.248 e. The normalized spacial score (nSPS) is 20.0. The molecule has 3 heterocycles. The molecule has 2 aromatic carbocycles. The van der Waals surface area contributed by atoms with Crippen molar-refractivity contribution < 1.29 is 9.18 Å². The molecule has 0 saturated carbocycles. The van der Waals surface area contributed by atoms with Crippen LogP contribution in [-0.4, -0.2) is 54.0 Å². The summed E-state index contributed by atoms with van der Waals surface area (Å²) in [6.07, 6.45) is 9.96. The van der Waals surface area contributed by atoms with Gasteiger partial charge in [0.05, 0.1) is 11.8 Å². The van der Waals surface area contributed by atoms with Crippen LogP contribution in [0, 0.1) is 0 Å². The van der Waals surface area contributed by atoms with E-state index in [1.54, 1.807) is 18.5 Å². The first kappa shape index (κ1) is 23.5. The molecule has 2 aliphatic rings. The molecule has 0 radical (unpaired) electrons. The van der Waals surface area contributed by atoms with E-state index in [9.17, 15) is 9.18 Å². The molecular weight excluding hydrogens is 457 g/mol. The number of halogens is 1. The number of para-hydroxylation sites is 1. The summed E-state index contributed by atoms with van der Waals surface area (Å²) in [4.78, 5) is 26.3. The summed E-state index contributed by atoms with van der Waals surface area (Å²) < 4.78 is 12.7. The first-order chi connectivity index (χ1) is 17.6. The Morgan fingerprint density at radius 1 is 1.11 bits per heavy atom. The van der Waals surface area contributed by atoms with E-state index in [0.717, 1.165) is 43.3 Å². The molecule has 2 aliphatic heterocycles. The van der Waals surface area contributed by atoms with Crippen molar-refractivity contribution in [2.24, 2.45) is 0 Å². The quantitative estimate of drug-likeness (QED) is 0.461. The summed E-state index contributed by atoms with van der Waals surface area (Å²) in [5.74, 6) is -0.141. The molecule has 0 aliphatic carbocycles. The number of rotatable bonds is 6. The van der Waals surface area contributed by atoms with Crippen LogP contribution in [0.15, 0.2) is 85.5 Å². The van der Waals surface area contributed by atoms with Gasteiger partial charge in [-0.05, 0) is 49.7 Å². The zero-order chi connectivity index (χ0) is 25.0. The highest BCUT2D eigenvalue weighted by molar-refractivity contribution is 5.90. The van der Waals surface area contributed by atoms with E-state index >= 15 is 0 Å². The van der Waals surface area contributed by atoms with Crippen molar-refractivity contribution in [3.63, 3.8) is 0 Å². The molecule has 9 heteroatoms. The average Bonchev–Trinajstić information content (AvgIpc) is 2.90. The van der Waals surface area contributed by atoms with E-state index in [1.807, 2.05) is 42.5 Å². The second-order valence-corrected chi connectivity index (χ2v) is 8.85. The summed E-state index contributed by atoms with van der Waals surface area (Å²) >= 11 is 0. The number of nitrogens with zero attached hydrogens (tertiary/aromatic N) is 4. The minimum atomic E-state index is -1.10. The van der Waals surface area contributed by atoms with Crippen LogP contribution in [0.5, 0.6) is 0 Å². The summed E-state index contributed by atoms with van der Waals surface area (Å²) in [6, 6.07) is 13.9. The van der Waals surface area contributed by atoms with Crippen LogP contribution in [0.2, 0.25) is 0 Å². The number of nitrogens with one attached hydrogen (secondary N) is 3. The van der Waals surface area contributed by atoms with Gasteiger partial charge in [-0.15, -0.1) is 0 Å². The molecule has 1 saturated heterocycles. The Bertz CT molecular complexity index is 1330. The van der Waals surface area contributed by atoms with E-state index in [0.29, 0.717) is 17.0 Å². The van der Waals surface area contributed by atoms with Crippen molar-refractivity contribution in [1.29, 1.82) is 0 Å². The fourth-order valence-electron chi connectivity index (χ4n) is 4.47. The number of carbonyl (C=O) groups excluding carboxylic acids is 1. The predicted octanol–water partition coefficient (Wildman–Crippen LogP) is 3.55. The minimum Gasteiger partial charge on any atom is -0.369 e. The van der Waals surface area contributed by atoms with Gasteiger partial charge in [0, 0.05) is 60.8 Å². The van der Waals surface area contributed by atoms with E-state index in [-0.39, 0.29) is 6.33 Å². The average molecular weight is 486 g/mol. The summed E-state index contributed by atoms with van der Waals surface area (Å²) in [5.41, 5.74) is 2.33. The Kier molecular flexibility index (Phi) is 6.64. The maximum absolute atomic E-state index is 12.7. The Morgan fingerprint density at radius 2 is 1.92 bits per heavy atom. The molecule has 0 spiro atoms. The van der Waals surface area contributed by atoms with Gasteiger partial charge in [-0.25, -0.2) is 14.4 Å². The van der Waals surface area contributed by atoms with Crippen molar-refractivity contribution in [3.05, 3.63) is 91.1 Å². The van der Waals surface area contributed by atoms with Crippen LogP contribution < -0.4 is 20.9 Å². The van der Waals surface area contributed by atoms with Gasteiger partial charge in [0.25, 0.3) is 0 Å². The molecule has 0 bridgehead atoms. The zero-order valence-corrected chi connectivity index (χ0v) is 20.0. The minimum absolute atomic E-state index is 0.216. The van der Waals surface area contributed by atoms with Gasteiger partial charge < -0.3 is 25.8 Å². The lowest BCUT2D eigenvalue weighted by Crippen LogP contribution is -2.53. The monoisotopic (exact) mass is 485 g/mol. The number of hydrogen-bond donors (Lipinski definition) is 3. The molecule has 184 valence electrons. The van der Waals surface area contributed by atoms with E-state index in [4.69, 9.17) is 4.98 Å². The lowest BCUT2D eigenvalue weighted by molar-refractivity contribution is -0.118. The number of carbonyl (C=O) groups is 1. The molecule has 1 aromatic heterocycles. The van der Waals surface area contributed by atoms with Gasteiger partial charge in [-0.3, -0.25) is 4.79 Å². The zero-order valence-electron chi connectivity index (χ0n) is 20.0. The third-order valence-corrected chi connectivity index (χ3v) is 6.43. The third-order valence-electron chi connectivity index (χ3n) is 6.43. The largest absolute Gasteiger partial charge is 0.369 e. The van der Waals surface area contributed by atoms with Crippen molar-refractivity contribution >= 4 is 34.1 Å². The number of likely N-dealkylation sites (N-methyl/N-ethyl adjacent to an activating group) is 1. The highest BCUT2D eigenvalue weighted by Crippen LogP contribution is 2.30. The van der Waals surface area contributed by atoms with Crippen LogP contribution in [0.25, 0.3) is 10.9 Å². The molecule has 3 aromatic rings. The Morgan fingerprint density at radius 3 is 2.64 bits per heavy atom. The Labute approximate surface area is 209 Å². The molecule has 5 rings (SSSR count). The van der Waals surface area contributed by atoms with Crippen LogP contribution in [-0.2, 0) is 10.5 Å². The maximum atomic E-state index is 12.7. The number of fused-ring (bicyclic) bond motifs is 1. The first-order valence-electron chi connectivity index (χ1n) is 11.8. The number of aromatic nitrogens is 2. The smallest absolute Gasteiger partial charge is 0.248 e. The molecule has 1 fully saturated rings. The van der Waals surface area contributed by atoms with Gasteiger partial charge in [0.1, 0.15) is 0 Å². The molecule has 1 amide bonds. The summed E-state index contributed by atoms with van der Waals surface area (Å²) in [5, 5.41) is 10.1. The fraction of sp³-hybridized carbons (Fsp3) is 0.222. The van der Waals surface area contributed by atoms with Crippen molar-refractivity contribution in [1.82, 2.24) is 25.5 Å². The number of allylic oxidation sites excluding steroid dienone is 2. The van der Waals surface area contributed by atoms with Crippen molar-refractivity contribution in [2.75, 3.05) is 43.4 Å². The summed E-state index contributed by atoms with van der Waals surface area (Å²) in [7, 11) is 2.15. The molecular formula is C27H28FN7O. The van der Waals surface area contributed by atoms with Crippen LogP contribution in [0.4, 0.5) is 21.7 Å². The number of benzene rings is 2. The number of piperazine rings is 1. The van der Waals surface area contributed by atoms with Gasteiger partial charge in [0.2, 0.25) is 11.9 Å². The molecule has 36 heavy (non-hydrogen) atoms. The van der Waals surface area contributed by atoms with E-state index < -0.39 is 11.6 Å². The second-order valence-electron chi connectivity index (χ2n) is 8.85. The van der Waals surface area contributed by atoms with Crippen LogP contribution in [0.3, 0.4) is 0 Å². The lowest BCUT2D eigenvalue weighted by atomic mass is 9.94. The number of hydrogen-bond acceptors (Lipinski definition) is 7. The first-order valence-corrected chi connectivity index (χ1v) is 11.8. The topological polar surface area (TPSA) is 85.4 Å². The van der Waals surface area contributed by atoms with Gasteiger partial charge >= 0.3 is 0 Å². The number of anilines is 3. The molecule has 3 N–H and O–H groups in total. The van der Waals surface area contributed by atoms with Crippen molar-refractivity contribution in [2.45, 2.75) is 5.66 Å². The highest BCUT2D eigenvalue weighted by atomic mass is 19.1.